The Kier molecular flexibility index (Phi) is 5.16. The van der Waals surface area contributed by atoms with E-state index in [1.54, 1.807) is 14.2 Å². The lowest BCUT2D eigenvalue weighted by molar-refractivity contribution is 0.0276. The van der Waals surface area contributed by atoms with Crippen molar-refractivity contribution in [2.24, 2.45) is 0 Å². The molecule has 0 radical (unpaired) electrons. The molecule has 2 heterocycles. The first-order chi connectivity index (χ1) is 8.83. The van der Waals surface area contributed by atoms with Crippen LogP contribution < -0.4 is 0 Å². The van der Waals surface area contributed by atoms with Gasteiger partial charge in [0, 0.05) is 40.1 Å². The zero-order valence-electron chi connectivity index (χ0n) is 11.3. The Morgan fingerprint density at radius 3 is 3.11 bits per heavy atom. The molecule has 1 atom stereocenters. The minimum atomic E-state index is 0.383. The number of imidazole rings is 1. The fourth-order valence-corrected chi connectivity index (χ4v) is 2.45. The molecule has 0 bridgehead atoms. The normalized spacial score (nSPS) is 21.3. The number of methoxy groups -OCH3 is 2. The van der Waals surface area contributed by atoms with Crippen molar-refractivity contribution in [2.75, 3.05) is 33.9 Å². The first-order valence-corrected chi connectivity index (χ1v) is 6.56. The van der Waals surface area contributed by atoms with Crippen LogP contribution in [0.1, 0.15) is 18.5 Å². The molecule has 102 valence electrons. The van der Waals surface area contributed by atoms with E-state index in [9.17, 15) is 0 Å². The van der Waals surface area contributed by atoms with E-state index in [-0.39, 0.29) is 0 Å². The van der Waals surface area contributed by atoms with Crippen molar-refractivity contribution in [1.82, 2.24) is 14.5 Å². The Labute approximate surface area is 109 Å². The molecule has 1 aromatic heterocycles. The second-order valence-corrected chi connectivity index (χ2v) is 4.81. The van der Waals surface area contributed by atoms with E-state index < -0.39 is 0 Å². The molecule has 1 unspecified atom stereocenters. The molecule has 1 fully saturated rings. The first-order valence-electron chi connectivity index (χ1n) is 6.56. The zero-order chi connectivity index (χ0) is 12.8. The lowest BCUT2D eigenvalue weighted by Gasteiger charge is -2.31. The van der Waals surface area contributed by atoms with Gasteiger partial charge >= 0.3 is 0 Å². The van der Waals surface area contributed by atoms with Crippen molar-refractivity contribution in [3.63, 3.8) is 0 Å². The highest BCUT2D eigenvalue weighted by Crippen LogP contribution is 2.15. The van der Waals surface area contributed by atoms with Crippen LogP contribution in [0.15, 0.2) is 12.5 Å². The number of hydrogen-bond acceptors (Lipinski definition) is 4. The Hall–Kier alpha value is -0.910. The van der Waals surface area contributed by atoms with Crippen molar-refractivity contribution in [1.29, 1.82) is 0 Å². The third-order valence-corrected chi connectivity index (χ3v) is 3.52. The van der Waals surface area contributed by atoms with Crippen LogP contribution in [0, 0.1) is 0 Å². The molecule has 0 aromatic carbocycles. The number of ether oxygens (including phenoxy) is 2. The maximum atomic E-state index is 5.45. The van der Waals surface area contributed by atoms with Gasteiger partial charge in [0.15, 0.2) is 0 Å². The average molecular weight is 253 g/mol. The Morgan fingerprint density at radius 1 is 1.44 bits per heavy atom. The van der Waals surface area contributed by atoms with E-state index in [0.29, 0.717) is 6.10 Å². The molecule has 0 spiro atoms. The monoisotopic (exact) mass is 253 g/mol. The molecule has 1 aromatic rings. The number of piperidine rings is 1. The largest absolute Gasteiger partial charge is 0.383 e. The maximum absolute atomic E-state index is 5.45. The van der Waals surface area contributed by atoms with Crippen LogP contribution in [0.25, 0.3) is 0 Å². The summed E-state index contributed by atoms with van der Waals surface area (Å²) in [6.45, 7) is 4.71. The number of likely N-dealkylation sites (tertiary alicyclic amines) is 1. The quantitative estimate of drug-likeness (QED) is 0.762. The number of aromatic nitrogens is 2. The number of nitrogens with zero attached hydrogens (tertiary/aromatic N) is 3. The van der Waals surface area contributed by atoms with E-state index in [4.69, 9.17) is 9.47 Å². The molecule has 5 nitrogen and oxygen atoms in total. The van der Waals surface area contributed by atoms with Gasteiger partial charge in [0.2, 0.25) is 0 Å². The van der Waals surface area contributed by atoms with Crippen molar-refractivity contribution in [3.8, 4) is 0 Å². The van der Waals surface area contributed by atoms with Gasteiger partial charge in [-0.25, -0.2) is 4.98 Å². The fourth-order valence-electron chi connectivity index (χ4n) is 2.45. The average Bonchev–Trinajstić information content (AvgIpc) is 2.84. The van der Waals surface area contributed by atoms with Crippen LogP contribution in [0.5, 0.6) is 0 Å². The van der Waals surface area contributed by atoms with Crippen LogP contribution in [-0.2, 0) is 22.6 Å². The molecule has 0 aliphatic carbocycles. The van der Waals surface area contributed by atoms with Crippen LogP contribution in [-0.4, -0.2) is 54.5 Å². The van der Waals surface area contributed by atoms with Gasteiger partial charge in [-0.2, -0.15) is 0 Å². The lowest BCUT2D eigenvalue weighted by Crippen LogP contribution is -2.39. The predicted octanol–water partition coefficient (Wildman–Crippen LogP) is 1.14. The Balaban J connectivity index is 1.90. The summed E-state index contributed by atoms with van der Waals surface area (Å²) in [7, 11) is 3.53. The van der Waals surface area contributed by atoms with Gasteiger partial charge in [-0.1, -0.05) is 0 Å². The van der Waals surface area contributed by atoms with Gasteiger partial charge in [-0.3, -0.25) is 4.90 Å². The van der Waals surface area contributed by atoms with Crippen molar-refractivity contribution in [2.45, 2.75) is 32.0 Å². The van der Waals surface area contributed by atoms with Crippen LogP contribution >= 0.6 is 0 Å². The topological polar surface area (TPSA) is 39.5 Å². The summed E-state index contributed by atoms with van der Waals surface area (Å²) in [4.78, 5) is 6.67. The minimum absolute atomic E-state index is 0.383. The van der Waals surface area contributed by atoms with E-state index in [1.165, 1.54) is 18.5 Å². The van der Waals surface area contributed by atoms with E-state index in [2.05, 4.69) is 14.5 Å². The van der Waals surface area contributed by atoms with Gasteiger partial charge in [-0.05, 0) is 19.4 Å². The Bertz CT molecular complexity index is 354. The van der Waals surface area contributed by atoms with Gasteiger partial charge in [0.25, 0.3) is 0 Å². The van der Waals surface area contributed by atoms with Crippen LogP contribution in [0.4, 0.5) is 0 Å². The molecular weight excluding hydrogens is 230 g/mol. The molecule has 2 rings (SSSR count). The molecule has 1 aliphatic heterocycles. The summed E-state index contributed by atoms with van der Waals surface area (Å²) in [5, 5.41) is 0. The van der Waals surface area contributed by atoms with Gasteiger partial charge in [0.1, 0.15) is 0 Å². The van der Waals surface area contributed by atoms with E-state index >= 15 is 0 Å². The fraction of sp³-hybridized carbons (Fsp3) is 0.769. The standard InChI is InChI=1S/C13H23N3O2/c1-17-7-6-16-11-14-8-12(16)9-15-5-3-4-13(10-15)18-2/h8,11,13H,3-7,9-10H2,1-2H3. The molecule has 5 heteroatoms. The summed E-state index contributed by atoms with van der Waals surface area (Å²) in [5.74, 6) is 0. The zero-order valence-corrected chi connectivity index (χ0v) is 11.3. The number of hydrogen-bond donors (Lipinski definition) is 0. The Morgan fingerprint density at radius 2 is 2.33 bits per heavy atom. The number of rotatable bonds is 6. The second-order valence-electron chi connectivity index (χ2n) is 4.81. The molecule has 18 heavy (non-hydrogen) atoms. The van der Waals surface area contributed by atoms with Gasteiger partial charge < -0.3 is 14.0 Å². The van der Waals surface area contributed by atoms with Crippen molar-refractivity contribution >= 4 is 0 Å². The van der Waals surface area contributed by atoms with Crippen molar-refractivity contribution in [3.05, 3.63) is 18.2 Å². The van der Waals surface area contributed by atoms with E-state index in [1.807, 2.05) is 12.5 Å². The maximum Gasteiger partial charge on any atom is 0.0949 e. The summed E-state index contributed by atoms with van der Waals surface area (Å²) in [5.41, 5.74) is 1.25. The molecule has 0 N–H and O–H groups in total. The van der Waals surface area contributed by atoms with E-state index in [0.717, 1.165) is 32.8 Å². The van der Waals surface area contributed by atoms with Crippen LogP contribution in [0.2, 0.25) is 0 Å². The van der Waals surface area contributed by atoms with Gasteiger partial charge in [0.05, 0.1) is 24.7 Å². The molecular formula is C13H23N3O2. The van der Waals surface area contributed by atoms with Crippen LogP contribution in [0.3, 0.4) is 0 Å². The summed E-state index contributed by atoms with van der Waals surface area (Å²) >= 11 is 0. The lowest BCUT2D eigenvalue weighted by atomic mass is 10.1. The highest BCUT2D eigenvalue weighted by Gasteiger charge is 2.20. The highest BCUT2D eigenvalue weighted by molar-refractivity contribution is 4.99. The molecule has 1 saturated heterocycles. The SMILES string of the molecule is COCCn1cncc1CN1CCCC(OC)C1. The summed E-state index contributed by atoms with van der Waals surface area (Å²) in [6.07, 6.45) is 6.60. The van der Waals surface area contributed by atoms with Gasteiger partial charge in [-0.15, -0.1) is 0 Å². The summed E-state index contributed by atoms with van der Waals surface area (Å²) in [6, 6.07) is 0. The predicted molar refractivity (Wildman–Crippen MR) is 69.4 cm³/mol. The smallest absolute Gasteiger partial charge is 0.0949 e. The third-order valence-electron chi connectivity index (χ3n) is 3.52. The highest BCUT2D eigenvalue weighted by atomic mass is 16.5. The second kappa shape index (κ2) is 6.87. The third kappa shape index (κ3) is 3.54. The molecule has 0 amide bonds. The van der Waals surface area contributed by atoms with Crippen molar-refractivity contribution < 1.29 is 9.47 Å². The molecule has 0 saturated carbocycles. The minimum Gasteiger partial charge on any atom is -0.383 e. The molecule has 1 aliphatic rings. The summed E-state index contributed by atoms with van der Waals surface area (Å²) < 4.78 is 12.7. The first kappa shape index (κ1) is 13.5.